The Morgan fingerprint density at radius 1 is 1.07 bits per heavy atom. The van der Waals surface area contributed by atoms with E-state index >= 15 is 0 Å². The second kappa shape index (κ2) is 9.72. The summed E-state index contributed by atoms with van der Waals surface area (Å²) < 4.78 is 11.8. The highest BCUT2D eigenvalue weighted by molar-refractivity contribution is 9.10. The first-order valence-corrected chi connectivity index (χ1v) is 10.2. The Balaban J connectivity index is 2.09. The molecule has 0 saturated heterocycles. The minimum Gasteiger partial charge on any atom is -0.487 e. The molecule has 0 unspecified atom stereocenters. The van der Waals surface area contributed by atoms with Crippen LogP contribution in [0.1, 0.15) is 17.4 Å². The van der Waals surface area contributed by atoms with Crippen molar-refractivity contribution in [3.05, 3.63) is 82.4 Å². The molecule has 0 saturated carbocycles. The molecular formula is C23H19BrClNO3. The first-order valence-electron chi connectivity index (χ1n) is 8.99. The highest BCUT2D eigenvalue weighted by atomic mass is 79.9. The van der Waals surface area contributed by atoms with Gasteiger partial charge in [0.2, 0.25) is 0 Å². The summed E-state index contributed by atoms with van der Waals surface area (Å²) in [6.45, 7) is 5.94. The van der Waals surface area contributed by atoms with Crippen molar-refractivity contribution < 1.29 is 14.3 Å². The molecule has 0 bridgehead atoms. The van der Waals surface area contributed by atoms with Gasteiger partial charge in [0, 0.05) is 20.6 Å². The van der Waals surface area contributed by atoms with Crippen LogP contribution in [-0.4, -0.2) is 24.2 Å². The summed E-state index contributed by atoms with van der Waals surface area (Å²) in [7, 11) is 0. The predicted molar refractivity (Wildman–Crippen MR) is 119 cm³/mol. The van der Waals surface area contributed by atoms with Gasteiger partial charge >= 0.3 is 5.97 Å². The van der Waals surface area contributed by atoms with Gasteiger partial charge in [-0.15, -0.1) is 0 Å². The van der Waals surface area contributed by atoms with E-state index in [2.05, 4.69) is 27.5 Å². The normalized spacial score (nSPS) is 10.4. The van der Waals surface area contributed by atoms with Crippen LogP contribution in [0.25, 0.3) is 22.4 Å². The molecule has 3 rings (SSSR count). The van der Waals surface area contributed by atoms with E-state index in [1.807, 2.05) is 48.5 Å². The van der Waals surface area contributed by atoms with E-state index in [-0.39, 0.29) is 12.3 Å². The van der Waals surface area contributed by atoms with Crippen LogP contribution < -0.4 is 4.74 Å². The zero-order valence-corrected chi connectivity index (χ0v) is 18.2. The van der Waals surface area contributed by atoms with Gasteiger partial charge in [-0.05, 0) is 42.8 Å². The van der Waals surface area contributed by atoms with E-state index in [1.54, 1.807) is 19.1 Å². The van der Waals surface area contributed by atoms with E-state index < -0.39 is 5.97 Å². The van der Waals surface area contributed by atoms with Crippen LogP contribution in [0.2, 0.25) is 0 Å². The lowest BCUT2D eigenvalue weighted by Crippen LogP contribution is -2.07. The summed E-state index contributed by atoms with van der Waals surface area (Å²) in [6.07, 6.45) is 0. The number of halogens is 2. The molecule has 0 aliphatic rings. The number of carbonyl (C=O) groups is 1. The molecular weight excluding hydrogens is 454 g/mol. The van der Waals surface area contributed by atoms with Gasteiger partial charge in [-0.2, -0.15) is 0 Å². The third kappa shape index (κ3) is 5.25. The van der Waals surface area contributed by atoms with Crippen LogP contribution in [0.15, 0.2) is 76.7 Å². The molecule has 0 aliphatic heterocycles. The van der Waals surface area contributed by atoms with Crippen LogP contribution in [0.4, 0.5) is 0 Å². The second-order valence-corrected chi connectivity index (χ2v) is 7.57. The largest absolute Gasteiger partial charge is 0.487 e. The molecule has 0 aliphatic carbocycles. The topological polar surface area (TPSA) is 48.4 Å². The first kappa shape index (κ1) is 21.1. The van der Waals surface area contributed by atoms with Crippen molar-refractivity contribution in [1.82, 2.24) is 4.98 Å². The van der Waals surface area contributed by atoms with Gasteiger partial charge in [-0.1, -0.05) is 64.4 Å². The molecule has 3 aromatic rings. The molecule has 0 spiro atoms. The quantitative estimate of drug-likeness (QED) is 0.369. The Morgan fingerprint density at radius 3 is 2.55 bits per heavy atom. The Kier molecular flexibility index (Phi) is 7.07. The number of hydrogen-bond acceptors (Lipinski definition) is 4. The van der Waals surface area contributed by atoms with Crippen molar-refractivity contribution in [2.75, 3.05) is 13.2 Å². The molecule has 0 amide bonds. The van der Waals surface area contributed by atoms with Crippen molar-refractivity contribution in [3.8, 4) is 28.1 Å². The number of pyridine rings is 1. The van der Waals surface area contributed by atoms with Crippen LogP contribution in [0.3, 0.4) is 0 Å². The molecule has 148 valence electrons. The average molecular weight is 473 g/mol. The molecule has 0 N–H and O–H groups in total. The molecule has 29 heavy (non-hydrogen) atoms. The maximum atomic E-state index is 12.1. The average Bonchev–Trinajstić information content (AvgIpc) is 2.73. The van der Waals surface area contributed by atoms with Crippen molar-refractivity contribution in [1.29, 1.82) is 0 Å². The van der Waals surface area contributed by atoms with Gasteiger partial charge in [0.25, 0.3) is 0 Å². The van der Waals surface area contributed by atoms with Crippen molar-refractivity contribution in [3.63, 3.8) is 0 Å². The Labute approximate surface area is 183 Å². The summed E-state index contributed by atoms with van der Waals surface area (Å²) in [5.41, 5.74) is 3.59. The Hall–Kier alpha value is -2.63. The summed E-state index contributed by atoms with van der Waals surface area (Å²) in [4.78, 5) is 16.6. The van der Waals surface area contributed by atoms with E-state index in [4.69, 9.17) is 21.1 Å². The Bertz CT molecular complexity index is 1050. The number of ether oxygens (including phenoxy) is 2. The molecule has 2 aromatic carbocycles. The number of esters is 1. The van der Waals surface area contributed by atoms with Crippen molar-refractivity contribution in [2.24, 2.45) is 0 Å². The van der Waals surface area contributed by atoms with Crippen LogP contribution in [0, 0.1) is 0 Å². The second-order valence-electron chi connectivity index (χ2n) is 6.12. The highest BCUT2D eigenvalue weighted by Crippen LogP contribution is 2.38. The van der Waals surface area contributed by atoms with Crippen LogP contribution in [0.5, 0.6) is 5.75 Å². The number of nitrogens with zero attached hydrogens (tertiary/aromatic N) is 1. The van der Waals surface area contributed by atoms with Gasteiger partial charge in [-0.25, -0.2) is 9.78 Å². The van der Waals surface area contributed by atoms with Crippen molar-refractivity contribution in [2.45, 2.75) is 6.92 Å². The number of carbonyl (C=O) groups excluding carboxylic acids is 1. The summed E-state index contributed by atoms with van der Waals surface area (Å²) in [5.74, 6) is 0.225. The lowest BCUT2D eigenvalue weighted by atomic mass is 9.96. The Morgan fingerprint density at radius 2 is 1.83 bits per heavy atom. The standard InChI is InChI=1S/C23H19BrClNO3/c1-3-28-23(27)21-10-6-9-20(26-21)18-8-5-4-7-17(18)19-13-16(24)11-12-22(19)29-14-15(2)25/h4-13H,2-3,14H2,1H3. The fourth-order valence-corrected chi connectivity index (χ4v) is 3.26. The van der Waals surface area contributed by atoms with Gasteiger partial charge in [0.05, 0.1) is 12.3 Å². The minimum absolute atomic E-state index is 0.203. The third-order valence-corrected chi connectivity index (χ3v) is 4.66. The minimum atomic E-state index is -0.445. The smallest absolute Gasteiger partial charge is 0.356 e. The number of aromatic nitrogens is 1. The zero-order chi connectivity index (χ0) is 20.8. The molecule has 1 aromatic heterocycles. The third-order valence-electron chi connectivity index (χ3n) is 4.05. The van der Waals surface area contributed by atoms with Crippen LogP contribution in [-0.2, 0) is 4.74 Å². The fraction of sp³-hybridized carbons (Fsp3) is 0.130. The molecule has 1 heterocycles. The van der Waals surface area contributed by atoms with E-state index in [9.17, 15) is 4.79 Å². The van der Waals surface area contributed by atoms with Crippen molar-refractivity contribution >= 4 is 33.5 Å². The maximum absolute atomic E-state index is 12.1. The fourth-order valence-electron chi connectivity index (χ4n) is 2.84. The highest BCUT2D eigenvalue weighted by Gasteiger charge is 2.15. The maximum Gasteiger partial charge on any atom is 0.356 e. The lowest BCUT2D eigenvalue weighted by Gasteiger charge is -2.15. The number of hydrogen-bond donors (Lipinski definition) is 0. The van der Waals surface area contributed by atoms with Gasteiger partial charge < -0.3 is 9.47 Å². The van der Waals surface area contributed by atoms with Gasteiger partial charge in [0.1, 0.15) is 18.1 Å². The lowest BCUT2D eigenvalue weighted by molar-refractivity contribution is 0.0519. The number of rotatable bonds is 7. The molecule has 0 radical (unpaired) electrons. The molecule has 6 heteroatoms. The van der Waals surface area contributed by atoms with E-state index in [0.29, 0.717) is 23.1 Å². The summed E-state index contributed by atoms with van der Waals surface area (Å²) >= 11 is 9.40. The van der Waals surface area contributed by atoms with E-state index in [1.165, 1.54) is 0 Å². The zero-order valence-electron chi connectivity index (χ0n) is 15.8. The van der Waals surface area contributed by atoms with Crippen LogP contribution >= 0.6 is 27.5 Å². The SMILES string of the molecule is C=C(Cl)COc1ccc(Br)cc1-c1ccccc1-c1cccc(C(=O)OCC)n1. The molecule has 0 atom stereocenters. The molecule has 4 nitrogen and oxygen atoms in total. The monoisotopic (exact) mass is 471 g/mol. The summed E-state index contributed by atoms with van der Waals surface area (Å²) in [5, 5.41) is 0.413. The number of benzene rings is 2. The molecule has 0 fully saturated rings. The van der Waals surface area contributed by atoms with Gasteiger partial charge in [-0.3, -0.25) is 0 Å². The van der Waals surface area contributed by atoms with Gasteiger partial charge in [0.15, 0.2) is 0 Å². The van der Waals surface area contributed by atoms with E-state index in [0.717, 1.165) is 21.2 Å². The summed E-state index contributed by atoms with van der Waals surface area (Å²) in [6, 6.07) is 18.9. The first-order chi connectivity index (χ1) is 14.0. The predicted octanol–water partition coefficient (Wildman–Crippen LogP) is 6.49.